The molecule has 0 spiro atoms. The maximum atomic E-state index is 5.45. The normalized spacial score (nSPS) is 21.4. The number of ether oxygens (including phenoxy) is 1. The molecule has 2 aliphatic rings. The van der Waals surface area contributed by atoms with Crippen LogP contribution in [0.5, 0.6) is 0 Å². The quantitative estimate of drug-likeness (QED) is 0.574. The highest BCUT2D eigenvalue weighted by atomic mass is 16.5. The molecule has 0 radical (unpaired) electrons. The van der Waals surface area contributed by atoms with Gasteiger partial charge < -0.3 is 15.0 Å². The highest BCUT2D eigenvalue weighted by molar-refractivity contribution is 5.79. The number of nitrogens with one attached hydrogen (secondary N) is 1. The highest BCUT2D eigenvalue weighted by Gasteiger charge is 2.16. The van der Waals surface area contributed by atoms with E-state index in [0.717, 1.165) is 50.6 Å². The summed E-state index contributed by atoms with van der Waals surface area (Å²) in [6.45, 7) is 7.08. The second-order valence-electron chi connectivity index (χ2n) is 7.29. The molecule has 1 heterocycles. The maximum absolute atomic E-state index is 5.45. The molecule has 0 aromatic rings. The third kappa shape index (κ3) is 7.11. The van der Waals surface area contributed by atoms with Crippen LogP contribution in [0.3, 0.4) is 0 Å². The molecule has 1 aliphatic carbocycles. The van der Waals surface area contributed by atoms with E-state index < -0.39 is 0 Å². The second-order valence-corrected chi connectivity index (χ2v) is 7.29. The number of aliphatic imine (C=N–C) groups is 1. The molecular weight excluding hydrogens is 286 g/mol. The van der Waals surface area contributed by atoms with Crippen molar-refractivity contribution in [3.63, 3.8) is 0 Å². The average molecular weight is 324 g/mol. The van der Waals surface area contributed by atoms with Gasteiger partial charge in [0.05, 0.1) is 0 Å². The molecule has 1 aliphatic heterocycles. The van der Waals surface area contributed by atoms with E-state index >= 15 is 0 Å². The molecule has 0 bridgehead atoms. The Labute approximate surface area is 143 Å². The van der Waals surface area contributed by atoms with Gasteiger partial charge in [0.25, 0.3) is 0 Å². The number of hydrogen-bond donors (Lipinski definition) is 1. The van der Waals surface area contributed by atoms with Crippen molar-refractivity contribution in [2.45, 2.75) is 64.7 Å². The maximum Gasteiger partial charge on any atom is 0.193 e. The monoisotopic (exact) mass is 323 g/mol. The van der Waals surface area contributed by atoms with Gasteiger partial charge in [0.2, 0.25) is 0 Å². The van der Waals surface area contributed by atoms with Crippen LogP contribution < -0.4 is 5.32 Å². The Balaban J connectivity index is 1.72. The molecule has 23 heavy (non-hydrogen) atoms. The summed E-state index contributed by atoms with van der Waals surface area (Å²) in [7, 11) is 2.18. The molecule has 0 aromatic carbocycles. The van der Waals surface area contributed by atoms with Crippen molar-refractivity contribution in [1.82, 2.24) is 10.2 Å². The van der Waals surface area contributed by atoms with Gasteiger partial charge in [-0.1, -0.05) is 32.1 Å². The zero-order valence-corrected chi connectivity index (χ0v) is 15.4. The van der Waals surface area contributed by atoms with Gasteiger partial charge in [-0.3, -0.25) is 4.99 Å². The highest BCUT2D eigenvalue weighted by Crippen LogP contribution is 2.26. The first-order valence-electron chi connectivity index (χ1n) is 9.86. The largest absolute Gasteiger partial charge is 0.381 e. The van der Waals surface area contributed by atoms with Crippen LogP contribution in [0.1, 0.15) is 64.7 Å². The zero-order chi connectivity index (χ0) is 16.3. The van der Waals surface area contributed by atoms with Gasteiger partial charge in [0, 0.05) is 39.9 Å². The lowest BCUT2D eigenvalue weighted by Gasteiger charge is -2.27. The van der Waals surface area contributed by atoms with Crippen molar-refractivity contribution in [3.05, 3.63) is 0 Å². The van der Waals surface area contributed by atoms with Crippen LogP contribution in [0.25, 0.3) is 0 Å². The predicted octanol–water partition coefficient (Wildman–Crippen LogP) is 3.67. The van der Waals surface area contributed by atoms with Crippen LogP contribution >= 0.6 is 0 Å². The van der Waals surface area contributed by atoms with Crippen LogP contribution in [-0.2, 0) is 4.74 Å². The molecule has 0 aromatic heterocycles. The van der Waals surface area contributed by atoms with Gasteiger partial charge in [0.15, 0.2) is 5.96 Å². The van der Waals surface area contributed by atoms with Gasteiger partial charge in [0.1, 0.15) is 0 Å². The van der Waals surface area contributed by atoms with E-state index in [4.69, 9.17) is 9.73 Å². The first-order valence-corrected chi connectivity index (χ1v) is 9.86. The van der Waals surface area contributed by atoms with E-state index in [9.17, 15) is 0 Å². The van der Waals surface area contributed by atoms with Crippen LogP contribution in [0.4, 0.5) is 0 Å². The summed E-state index contributed by atoms with van der Waals surface area (Å²) in [5.74, 6) is 2.84. The average Bonchev–Trinajstić information content (AvgIpc) is 2.61. The molecule has 1 saturated carbocycles. The Hall–Kier alpha value is -0.770. The second kappa shape index (κ2) is 10.9. The molecule has 2 rings (SSSR count). The molecule has 1 N–H and O–H groups in total. The van der Waals surface area contributed by atoms with E-state index in [2.05, 4.69) is 24.2 Å². The van der Waals surface area contributed by atoms with Crippen molar-refractivity contribution in [3.8, 4) is 0 Å². The summed E-state index contributed by atoms with van der Waals surface area (Å²) in [6.07, 6.45) is 12.1. The topological polar surface area (TPSA) is 36.9 Å². The number of nitrogens with zero attached hydrogens (tertiary/aromatic N) is 2. The third-order valence-corrected chi connectivity index (χ3v) is 5.43. The van der Waals surface area contributed by atoms with Crippen LogP contribution in [0.2, 0.25) is 0 Å². The molecule has 4 nitrogen and oxygen atoms in total. The van der Waals surface area contributed by atoms with E-state index in [0.29, 0.717) is 0 Å². The Bertz CT molecular complexity index is 334. The Morgan fingerprint density at radius 2 is 1.74 bits per heavy atom. The summed E-state index contributed by atoms with van der Waals surface area (Å²) in [6, 6.07) is 0. The summed E-state index contributed by atoms with van der Waals surface area (Å²) < 4.78 is 5.45. The lowest BCUT2D eigenvalue weighted by atomic mass is 9.87. The van der Waals surface area contributed by atoms with Gasteiger partial charge in [-0.15, -0.1) is 0 Å². The Kier molecular flexibility index (Phi) is 8.80. The third-order valence-electron chi connectivity index (χ3n) is 5.43. The SMILES string of the molecule is CCNC(=NCCC1CCCCC1)N(C)CCC1CCOCC1. The molecule has 2 fully saturated rings. The van der Waals surface area contributed by atoms with Crippen molar-refractivity contribution in [2.75, 3.05) is 39.9 Å². The molecule has 0 atom stereocenters. The minimum atomic E-state index is 0.830. The van der Waals surface area contributed by atoms with Crippen LogP contribution in [0.15, 0.2) is 4.99 Å². The molecule has 134 valence electrons. The van der Waals surface area contributed by atoms with Gasteiger partial charge >= 0.3 is 0 Å². The summed E-state index contributed by atoms with van der Waals surface area (Å²) in [5, 5.41) is 3.46. The summed E-state index contributed by atoms with van der Waals surface area (Å²) >= 11 is 0. The first kappa shape index (κ1) is 18.6. The Morgan fingerprint density at radius 3 is 2.43 bits per heavy atom. The fourth-order valence-electron chi connectivity index (χ4n) is 3.82. The first-order chi connectivity index (χ1) is 11.3. The Morgan fingerprint density at radius 1 is 1.04 bits per heavy atom. The van der Waals surface area contributed by atoms with E-state index in [1.165, 1.54) is 57.8 Å². The van der Waals surface area contributed by atoms with Crippen molar-refractivity contribution >= 4 is 5.96 Å². The zero-order valence-electron chi connectivity index (χ0n) is 15.4. The lowest BCUT2D eigenvalue weighted by Crippen LogP contribution is -2.40. The minimum absolute atomic E-state index is 0.830. The van der Waals surface area contributed by atoms with E-state index in [1.807, 2.05) is 0 Å². The van der Waals surface area contributed by atoms with Crippen molar-refractivity contribution < 1.29 is 4.74 Å². The summed E-state index contributed by atoms with van der Waals surface area (Å²) in [5.41, 5.74) is 0. The smallest absolute Gasteiger partial charge is 0.193 e. The van der Waals surface area contributed by atoms with Gasteiger partial charge in [-0.05, 0) is 44.4 Å². The van der Waals surface area contributed by atoms with E-state index in [-0.39, 0.29) is 0 Å². The fourth-order valence-corrected chi connectivity index (χ4v) is 3.82. The van der Waals surface area contributed by atoms with Crippen molar-refractivity contribution in [1.29, 1.82) is 0 Å². The standard InChI is InChI=1S/C19H37N3O/c1-3-20-19(21-13-9-17-7-5-4-6-8-17)22(2)14-10-18-11-15-23-16-12-18/h17-18H,3-16H2,1-2H3,(H,20,21). The predicted molar refractivity (Wildman–Crippen MR) is 98.0 cm³/mol. The fraction of sp³-hybridized carbons (Fsp3) is 0.947. The minimum Gasteiger partial charge on any atom is -0.381 e. The van der Waals surface area contributed by atoms with Crippen LogP contribution in [-0.4, -0.2) is 50.8 Å². The molecule has 0 unspecified atom stereocenters. The molecular formula is C19H37N3O. The van der Waals surface area contributed by atoms with Crippen molar-refractivity contribution in [2.24, 2.45) is 16.8 Å². The number of rotatable bonds is 7. The number of guanidine groups is 1. The van der Waals surface area contributed by atoms with Crippen LogP contribution in [0, 0.1) is 11.8 Å². The molecule has 1 saturated heterocycles. The van der Waals surface area contributed by atoms with Gasteiger partial charge in [-0.25, -0.2) is 0 Å². The summed E-state index contributed by atoms with van der Waals surface area (Å²) in [4.78, 5) is 7.20. The lowest BCUT2D eigenvalue weighted by molar-refractivity contribution is 0.0625. The van der Waals surface area contributed by atoms with E-state index in [1.54, 1.807) is 0 Å². The molecule has 4 heteroatoms. The number of hydrogen-bond acceptors (Lipinski definition) is 2. The van der Waals surface area contributed by atoms with Gasteiger partial charge in [-0.2, -0.15) is 0 Å². The molecule has 0 amide bonds.